The molecule has 0 radical (unpaired) electrons. The van der Waals surface area contributed by atoms with Gasteiger partial charge in [0.1, 0.15) is 10.7 Å². The Morgan fingerprint density at radius 3 is 2.80 bits per heavy atom. The predicted molar refractivity (Wildman–Crippen MR) is 98.0 cm³/mol. The highest BCUT2D eigenvalue weighted by Gasteiger charge is 2.27. The highest BCUT2D eigenvalue weighted by molar-refractivity contribution is 7.15. The summed E-state index contributed by atoms with van der Waals surface area (Å²) in [6, 6.07) is 5.82. The Labute approximate surface area is 149 Å². The van der Waals surface area contributed by atoms with Crippen LogP contribution < -0.4 is 10.3 Å². The number of carbonyl (C=O) groups excluding carboxylic acids is 2. The van der Waals surface area contributed by atoms with Gasteiger partial charge in [0.15, 0.2) is 0 Å². The molecule has 0 saturated carbocycles. The molecule has 3 rings (SSSR count). The van der Waals surface area contributed by atoms with Crippen LogP contribution >= 0.6 is 11.3 Å². The smallest absolute Gasteiger partial charge is 0.273 e. The molecule has 0 bridgehead atoms. The summed E-state index contributed by atoms with van der Waals surface area (Å²) in [6.45, 7) is 5.85. The zero-order chi connectivity index (χ0) is 18.0. The van der Waals surface area contributed by atoms with Crippen LogP contribution in [0, 0.1) is 13.8 Å². The number of hydrazone groups is 1. The largest absolute Gasteiger partial charge is 0.295 e. The van der Waals surface area contributed by atoms with E-state index in [2.05, 4.69) is 20.6 Å². The third-order valence-electron chi connectivity index (χ3n) is 3.88. The maximum Gasteiger partial charge on any atom is 0.273 e. The molecule has 0 fully saturated rings. The van der Waals surface area contributed by atoms with Gasteiger partial charge in [-0.15, -0.1) is 10.2 Å². The lowest BCUT2D eigenvalue weighted by molar-refractivity contribution is -0.118. The van der Waals surface area contributed by atoms with Crippen molar-refractivity contribution >= 4 is 39.7 Å². The lowest BCUT2D eigenvalue weighted by Crippen LogP contribution is -2.36. The standard InChI is InChI=1S/C17H19N5O2S/c1-4-14-19-20-17(25-14)18-16(24)12-7-8-15(23)22(21-12)13-9-10(2)5-6-11(13)3/h5-6,9H,4,7-8H2,1-3H3,(H,18,20,24). The van der Waals surface area contributed by atoms with Crippen molar-refractivity contribution in [1.82, 2.24) is 10.2 Å². The van der Waals surface area contributed by atoms with Crippen LogP contribution in [-0.4, -0.2) is 27.7 Å². The van der Waals surface area contributed by atoms with Gasteiger partial charge in [0.2, 0.25) is 11.0 Å². The van der Waals surface area contributed by atoms with Crippen LogP contribution in [0.5, 0.6) is 0 Å². The molecule has 0 spiro atoms. The molecule has 25 heavy (non-hydrogen) atoms. The minimum Gasteiger partial charge on any atom is -0.295 e. The quantitative estimate of drug-likeness (QED) is 0.911. The van der Waals surface area contributed by atoms with Gasteiger partial charge < -0.3 is 0 Å². The van der Waals surface area contributed by atoms with Crippen molar-refractivity contribution in [1.29, 1.82) is 0 Å². The van der Waals surface area contributed by atoms with E-state index in [0.29, 0.717) is 23.0 Å². The molecule has 0 aliphatic carbocycles. The molecule has 1 aromatic carbocycles. The molecule has 2 aromatic rings. The first-order chi connectivity index (χ1) is 12.0. The van der Waals surface area contributed by atoms with E-state index in [4.69, 9.17) is 0 Å². The summed E-state index contributed by atoms with van der Waals surface area (Å²) in [5.74, 6) is -0.462. The number of rotatable bonds is 4. The number of anilines is 2. The molecule has 0 atom stereocenters. The third-order valence-corrected chi connectivity index (χ3v) is 4.86. The monoisotopic (exact) mass is 357 g/mol. The van der Waals surface area contributed by atoms with Crippen LogP contribution in [0.25, 0.3) is 0 Å². The van der Waals surface area contributed by atoms with Gasteiger partial charge in [0, 0.05) is 12.8 Å². The molecule has 1 N–H and O–H groups in total. The molecule has 1 aliphatic rings. The van der Waals surface area contributed by atoms with E-state index < -0.39 is 0 Å². The van der Waals surface area contributed by atoms with Crippen molar-refractivity contribution in [3.63, 3.8) is 0 Å². The summed E-state index contributed by atoms with van der Waals surface area (Å²) < 4.78 is 0. The maximum absolute atomic E-state index is 12.5. The number of nitrogens with zero attached hydrogens (tertiary/aromatic N) is 4. The van der Waals surface area contributed by atoms with Crippen LogP contribution in [0.1, 0.15) is 35.9 Å². The SMILES string of the molecule is CCc1nnc(NC(=O)C2=NN(c3cc(C)ccc3C)C(=O)CC2)s1. The number of carbonyl (C=O) groups is 2. The molecule has 2 amide bonds. The summed E-state index contributed by atoms with van der Waals surface area (Å²) in [4.78, 5) is 24.8. The predicted octanol–water partition coefficient (Wildman–Crippen LogP) is 2.84. The lowest BCUT2D eigenvalue weighted by atomic mass is 10.1. The normalized spacial score (nSPS) is 14.4. The zero-order valence-electron chi connectivity index (χ0n) is 14.4. The highest BCUT2D eigenvalue weighted by atomic mass is 32.1. The lowest BCUT2D eigenvalue weighted by Gasteiger charge is -2.24. The van der Waals surface area contributed by atoms with Crippen LogP contribution in [0.2, 0.25) is 0 Å². The second kappa shape index (κ2) is 7.10. The summed E-state index contributed by atoms with van der Waals surface area (Å²) in [6.07, 6.45) is 1.32. The number of nitrogens with one attached hydrogen (secondary N) is 1. The highest BCUT2D eigenvalue weighted by Crippen LogP contribution is 2.26. The van der Waals surface area contributed by atoms with Crippen molar-refractivity contribution in [2.45, 2.75) is 40.0 Å². The number of aromatic nitrogens is 2. The molecule has 0 unspecified atom stereocenters. The first-order valence-corrected chi connectivity index (χ1v) is 8.91. The molecular formula is C17H19N5O2S. The average Bonchev–Trinajstić information content (AvgIpc) is 3.05. The molecule has 1 aromatic heterocycles. The zero-order valence-corrected chi connectivity index (χ0v) is 15.2. The van der Waals surface area contributed by atoms with Crippen LogP contribution in [0.3, 0.4) is 0 Å². The van der Waals surface area contributed by atoms with E-state index in [1.807, 2.05) is 39.0 Å². The van der Waals surface area contributed by atoms with Crippen molar-refractivity contribution in [3.8, 4) is 0 Å². The van der Waals surface area contributed by atoms with Crippen molar-refractivity contribution < 1.29 is 9.59 Å². The van der Waals surface area contributed by atoms with Crippen molar-refractivity contribution in [3.05, 3.63) is 34.3 Å². The first-order valence-electron chi connectivity index (χ1n) is 8.09. The number of benzene rings is 1. The van der Waals surface area contributed by atoms with Gasteiger partial charge in [-0.05, 0) is 37.5 Å². The van der Waals surface area contributed by atoms with E-state index in [0.717, 1.165) is 22.6 Å². The number of hydrogen-bond acceptors (Lipinski definition) is 6. The Morgan fingerprint density at radius 2 is 2.08 bits per heavy atom. The Morgan fingerprint density at radius 1 is 1.28 bits per heavy atom. The first kappa shape index (κ1) is 17.2. The fraction of sp³-hybridized carbons (Fsp3) is 0.353. The maximum atomic E-state index is 12.5. The molecule has 7 nitrogen and oxygen atoms in total. The van der Waals surface area contributed by atoms with Gasteiger partial charge in [0.05, 0.1) is 5.69 Å². The van der Waals surface area contributed by atoms with E-state index in [9.17, 15) is 9.59 Å². The fourth-order valence-electron chi connectivity index (χ4n) is 2.47. The number of amides is 2. The topological polar surface area (TPSA) is 87.6 Å². The van der Waals surface area contributed by atoms with Crippen molar-refractivity contribution in [2.24, 2.45) is 5.10 Å². The Kier molecular flexibility index (Phi) is 4.89. The van der Waals surface area contributed by atoms with Gasteiger partial charge in [-0.1, -0.05) is 30.4 Å². The minimum absolute atomic E-state index is 0.116. The molecular weight excluding hydrogens is 338 g/mol. The van der Waals surface area contributed by atoms with Gasteiger partial charge in [-0.25, -0.2) is 5.01 Å². The van der Waals surface area contributed by atoms with Gasteiger partial charge in [-0.3, -0.25) is 14.9 Å². The molecule has 130 valence electrons. The van der Waals surface area contributed by atoms with Gasteiger partial charge in [-0.2, -0.15) is 5.10 Å². The summed E-state index contributed by atoms with van der Waals surface area (Å²) in [5, 5.41) is 17.6. The second-order valence-corrected chi connectivity index (χ2v) is 6.91. The van der Waals surface area contributed by atoms with Gasteiger partial charge in [0.25, 0.3) is 5.91 Å². The minimum atomic E-state index is -0.346. The molecule has 0 saturated heterocycles. The Bertz CT molecular complexity index is 858. The second-order valence-electron chi connectivity index (χ2n) is 5.85. The molecule has 8 heteroatoms. The molecule has 2 heterocycles. The third kappa shape index (κ3) is 3.74. The van der Waals surface area contributed by atoms with Crippen LogP contribution in [0.4, 0.5) is 10.8 Å². The Hall–Kier alpha value is -2.61. The number of aryl methyl sites for hydroxylation is 3. The van der Waals surface area contributed by atoms with E-state index in [1.54, 1.807) is 0 Å². The summed E-state index contributed by atoms with van der Waals surface area (Å²) in [7, 11) is 0. The average molecular weight is 357 g/mol. The van der Waals surface area contributed by atoms with Crippen LogP contribution in [-0.2, 0) is 16.0 Å². The van der Waals surface area contributed by atoms with Crippen molar-refractivity contribution in [2.75, 3.05) is 10.3 Å². The van der Waals surface area contributed by atoms with Gasteiger partial charge >= 0.3 is 0 Å². The number of hydrogen-bond donors (Lipinski definition) is 1. The van der Waals surface area contributed by atoms with E-state index >= 15 is 0 Å². The Balaban J connectivity index is 1.84. The fourth-order valence-corrected chi connectivity index (χ4v) is 3.14. The molecule has 1 aliphatic heterocycles. The van der Waals surface area contributed by atoms with Crippen LogP contribution in [0.15, 0.2) is 23.3 Å². The van der Waals surface area contributed by atoms with E-state index in [-0.39, 0.29) is 18.2 Å². The summed E-state index contributed by atoms with van der Waals surface area (Å²) in [5.41, 5.74) is 2.98. The van der Waals surface area contributed by atoms with E-state index in [1.165, 1.54) is 16.3 Å². The summed E-state index contributed by atoms with van der Waals surface area (Å²) >= 11 is 1.34.